The van der Waals surface area contributed by atoms with Crippen LogP contribution in [-0.2, 0) is 22.1 Å². The van der Waals surface area contributed by atoms with Crippen LogP contribution in [0.15, 0.2) is 24.3 Å². The number of anilines is 1. The number of rotatable bonds is 7. The molecule has 130 valence electrons. The first-order valence-electron chi connectivity index (χ1n) is 8.13. The van der Waals surface area contributed by atoms with Crippen LogP contribution in [0.2, 0.25) is 0 Å². The molecule has 24 heavy (non-hydrogen) atoms. The Morgan fingerprint density at radius 1 is 1.21 bits per heavy atom. The molecule has 1 aromatic heterocycles. The van der Waals surface area contributed by atoms with Gasteiger partial charge in [-0.3, -0.25) is 0 Å². The van der Waals surface area contributed by atoms with Gasteiger partial charge >= 0.3 is 0 Å². The topological polar surface area (TPSA) is 81.0 Å². The van der Waals surface area contributed by atoms with E-state index in [-0.39, 0.29) is 5.75 Å². The summed E-state index contributed by atoms with van der Waals surface area (Å²) in [5, 5.41) is 12.0. The van der Waals surface area contributed by atoms with Crippen LogP contribution < -0.4 is 4.90 Å². The van der Waals surface area contributed by atoms with E-state index in [0.717, 1.165) is 29.5 Å². The fraction of sp³-hybridized carbons (Fsp3) is 0.562. The molecule has 1 saturated carbocycles. The van der Waals surface area contributed by atoms with Crippen molar-refractivity contribution in [3.05, 3.63) is 35.4 Å². The van der Waals surface area contributed by atoms with Gasteiger partial charge in [0.1, 0.15) is 0 Å². The monoisotopic (exact) mass is 349 g/mol. The summed E-state index contributed by atoms with van der Waals surface area (Å²) in [4.78, 5) is 2.11. The van der Waals surface area contributed by atoms with E-state index >= 15 is 0 Å². The van der Waals surface area contributed by atoms with Crippen LogP contribution in [0.3, 0.4) is 0 Å². The van der Waals surface area contributed by atoms with Gasteiger partial charge in [0.25, 0.3) is 0 Å². The summed E-state index contributed by atoms with van der Waals surface area (Å²) in [6.07, 6.45) is 5.14. The molecule has 0 aliphatic heterocycles. The maximum Gasteiger partial charge on any atom is 0.245 e. The molecule has 1 aliphatic rings. The summed E-state index contributed by atoms with van der Waals surface area (Å²) < 4.78 is 24.5. The molecule has 0 bridgehead atoms. The van der Waals surface area contributed by atoms with Crippen LogP contribution in [0.5, 0.6) is 0 Å². The van der Waals surface area contributed by atoms with E-state index in [1.54, 1.807) is 4.68 Å². The van der Waals surface area contributed by atoms with Crippen molar-refractivity contribution in [2.45, 2.75) is 31.6 Å². The maximum absolute atomic E-state index is 11.3. The Morgan fingerprint density at radius 3 is 2.46 bits per heavy atom. The zero-order chi connectivity index (χ0) is 17.2. The van der Waals surface area contributed by atoms with E-state index in [1.807, 2.05) is 31.3 Å². The number of hydrogen-bond donors (Lipinski definition) is 0. The Morgan fingerprint density at radius 2 is 1.88 bits per heavy atom. The molecule has 2 aromatic rings. The summed E-state index contributed by atoms with van der Waals surface area (Å²) in [6, 6.07) is 7.55. The van der Waals surface area contributed by atoms with Gasteiger partial charge in [-0.1, -0.05) is 35.8 Å². The third kappa shape index (κ3) is 4.31. The Labute approximate surface area is 142 Å². The average Bonchev–Trinajstić information content (AvgIpc) is 2.91. The fourth-order valence-electron chi connectivity index (χ4n) is 2.94. The second-order valence-corrected chi connectivity index (χ2v) is 8.84. The first-order valence-corrected chi connectivity index (χ1v) is 10.2. The lowest BCUT2D eigenvalue weighted by Crippen LogP contribution is -2.31. The SMILES string of the molecule is CN(CC1CCC1)c1nnnn1Cc1ccc(CS(C)(=O)=O)cc1. The molecule has 1 aliphatic carbocycles. The molecule has 0 spiro atoms. The summed E-state index contributed by atoms with van der Waals surface area (Å²) in [7, 11) is -0.987. The van der Waals surface area contributed by atoms with Crippen LogP contribution in [0.25, 0.3) is 0 Å². The molecular weight excluding hydrogens is 326 g/mol. The highest BCUT2D eigenvalue weighted by Crippen LogP contribution is 2.27. The smallest absolute Gasteiger partial charge is 0.245 e. The van der Waals surface area contributed by atoms with E-state index in [2.05, 4.69) is 20.4 Å². The van der Waals surface area contributed by atoms with Crippen molar-refractivity contribution in [3.8, 4) is 0 Å². The lowest BCUT2D eigenvalue weighted by Gasteiger charge is -2.30. The molecule has 0 saturated heterocycles. The van der Waals surface area contributed by atoms with Crippen molar-refractivity contribution >= 4 is 15.8 Å². The van der Waals surface area contributed by atoms with Gasteiger partial charge in [0.15, 0.2) is 9.84 Å². The molecule has 0 atom stereocenters. The van der Waals surface area contributed by atoms with Crippen LogP contribution in [0.1, 0.15) is 30.4 Å². The van der Waals surface area contributed by atoms with Crippen LogP contribution in [-0.4, -0.2) is 48.5 Å². The number of benzene rings is 1. The van der Waals surface area contributed by atoms with Crippen LogP contribution >= 0.6 is 0 Å². The predicted octanol–water partition coefficient (Wildman–Crippen LogP) is 1.50. The Hall–Kier alpha value is -1.96. The molecule has 0 radical (unpaired) electrons. The van der Waals surface area contributed by atoms with Gasteiger partial charge in [-0.15, -0.1) is 0 Å². The summed E-state index contributed by atoms with van der Waals surface area (Å²) in [5.41, 5.74) is 1.83. The molecule has 1 aromatic carbocycles. The van der Waals surface area contributed by atoms with E-state index in [9.17, 15) is 8.42 Å². The van der Waals surface area contributed by atoms with Gasteiger partial charge < -0.3 is 4.90 Å². The minimum atomic E-state index is -3.01. The number of hydrogen-bond acceptors (Lipinski definition) is 6. The molecule has 7 nitrogen and oxygen atoms in total. The first kappa shape index (κ1) is 16.9. The average molecular weight is 349 g/mol. The molecule has 1 fully saturated rings. The van der Waals surface area contributed by atoms with Crippen molar-refractivity contribution in [1.82, 2.24) is 20.2 Å². The van der Waals surface area contributed by atoms with E-state index in [1.165, 1.54) is 25.5 Å². The summed E-state index contributed by atoms with van der Waals surface area (Å²) in [5.74, 6) is 1.57. The minimum absolute atomic E-state index is 0.0630. The second-order valence-electron chi connectivity index (χ2n) is 6.70. The lowest BCUT2D eigenvalue weighted by molar-refractivity contribution is 0.319. The van der Waals surface area contributed by atoms with Crippen molar-refractivity contribution in [2.24, 2.45) is 5.92 Å². The summed E-state index contributed by atoms with van der Waals surface area (Å²) >= 11 is 0. The quantitative estimate of drug-likeness (QED) is 0.753. The Kier molecular flexibility index (Phi) is 4.84. The maximum atomic E-state index is 11.3. The lowest BCUT2D eigenvalue weighted by atomic mass is 9.85. The number of aromatic nitrogens is 4. The van der Waals surface area contributed by atoms with E-state index in [0.29, 0.717) is 6.54 Å². The van der Waals surface area contributed by atoms with E-state index in [4.69, 9.17) is 0 Å². The third-order valence-electron chi connectivity index (χ3n) is 4.40. The molecule has 1 heterocycles. The largest absolute Gasteiger partial charge is 0.342 e. The second kappa shape index (κ2) is 6.88. The zero-order valence-corrected chi connectivity index (χ0v) is 14.9. The zero-order valence-electron chi connectivity index (χ0n) is 14.1. The standard InChI is InChI=1S/C16H23N5O2S/c1-20(10-13-4-3-5-13)16-17-18-19-21(16)11-14-6-8-15(9-7-14)12-24(2,22)23/h6-9,13H,3-5,10-12H2,1-2H3. The predicted molar refractivity (Wildman–Crippen MR) is 92.5 cm³/mol. The molecule has 0 unspecified atom stereocenters. The first-order chi connectivity index (χ1) is 11.4. The Bertz CT molecular complexity index is 781. The van der Waals surface area contributed by atoms with Crippen molar-refractivity contribution in [3.63, 3.8) is 0 Å². The minimum Gasteiger partial charge on any atom is -0.342 e. The van der Waals surface area contributed by atoms with Gasteiger partial charge in [0.2, 0.25) is 5.95 Å². The van der Waals surface area contributed by atoms with Crippen LogP contribution in [0.4, 0.5) is 5.95 Å². The van der Waals surface area contributed by atoms with Crippen molar-refractivity contribution in [2.75, 3.05) is 24.7 Å². The summed E-state index contributed by atoms with van der Waals surface area (Å²) in [6.45, 7) is 1.55. The molecule has 8 heteroatoms. The molecule has 3 rings (SSSR count). The highest BCUT2D eigenvalue weighted by atomic mass is 32.2. The normalized spacial score (nSPS) is 15.2. The van der Waals surface area contributed by atoms with E-state index < -0.39 is 9.84 Å². The molecule has 0 amide bonds. The molecule has 0 N–H and O–H groups in total. The van der Waals surface area contributed by atoms with Gasteiger partial charge in [-0.2, -0.15) is 0 Å². The van der Waals surface area contributed by atoms with Crippen molar-refractivity contribution < 1.29 is 8.42 Å². The van der Waals surface area contributed by atoms with Crippen LogP contribution in [0, 0.1) is 5.92 Å². The molecular formula is C16H23N5O2S. The fourth-order valence-corrected chi connectivity index (χ4v) is 3.73. The van der Waals surface area contributed by atoms with Gasteiger partial charge in [0.05, 0.1) is 12.3 Å². The van der Waals surface area contributed by atoms with Gasteiger partial charge in [-0.05, 0) is 40.3 Å². The van der Waals surface area contributed by atoms with Crippen molar-refractivity contribution in [1.29, 1.82) is 0 Å². The van der Waals surface area contributed by atoms with Gasteiger partial charge in [-0.25, -0.2) is 13.1 Å². The number of sulfone groups is 1. The highest BCUT2D eigenvalue weighted by molar-refractivity contribution is 7.89. The number of tetrazole rings is 1. The third-order valence-corrected chi connectivity index (χ3v) is 5.25. The van der Waals surface area contributed by atoms with Gasteiger partial charge in [0, 0.05) is 19.8 Å². The highest BCUT2D eigenvalue weighted by Gasteiger charge is 2.21. The number of nitrogens with zero attached hydrogens (tertiary/aromatic N) is 5. The Balaban J connectivity index is 1.66.